The lowest BCUT2D eigenvalue weighted by Gasteiger charge is -2.04. The molecule has 0 unspecified atom stereocenters. The van der Waals surface area contributed by atoms with Crippen LogP contribution in [0.2, 0.25) is 0 Å². The van der Waals surface area contributed by atoms with Gasteiger partial charge >= 0.3 is 5.51 Å². The predicted molar refractivity (Wildman–Crippen MR) is 51.3 cm³/mol. The van der Waals surface area contributed by atoms with Gasteiger partial charge < -0.3 is 5.73 Å². The Labute approximate surface area is 89.0 Å². The summed E-state index contributed by atoms with van der Waals surface area (Å²) in [7, 11) is 0. The third-order valence-electron chi connectivity index (χ3n) is 1.57. The Balaban J connectivity index is 2.31. The molecule has 0 aromatic carbocycles. The highest BCUT2D eigenvalue weighted by Gasteiger charge is 2.27. The molecular formula is C7H11F3N4S. The Kier molecular flexibility index (Phi) is 4.40. The molecule has 0 saturated carbocycles. The monoisotopic (exact) mass is 240 g/mol. The second-order valence-corrected chi connectivity index (χ2v) is 3.97. The maximum Gasteiger partial charge on any atom is 0.441 e. The lowest BCUT2D eigenvalue weighted by molar-refractivity contribution is -0.0328. The number of alkyl halides is 3. The van der Waals surface area contributed by atoms with Crippen LogP contribution in [0.25, 0.3) is 0 Å². The van der Waals surface area contributed by atoms with Crippen LogP contribution in [0.1, 0.15) is 5.69 Å². The van der Waals surface area contributed by atoms with Crippen LogP contribution in [0.15, 0.2) is 6.20 Å². The number of hydrogen-bond donors (Lipinski definition) is 1. The molecule has 0 bridgehead atoms. The fourth-order valence-electron chi connectivity index (χ4n) is 0.965. The van der Waals surface area contributed by atoms with Crippen molar-refractivity contribution in [2.24, 2.45) is 5.73 Å². The van der Waals surface area contributed by atoms with Crippen molar-refractivity contribution in [2.45, 2.75) is 18.5 Å². The highest BCUT2D eigenvalue weighted by molar-refractivity contribution is 8.00. The largest absolute Gasteiger partial charge is 0.441 e. The summed E-state index contributed by atoms with van der Waals surface area (Å²) in [4.78, 5) is 0. The molecule has 0 radical (unpaired) electrons. The minimum atomic E-state index is -4.18. The number of nitrogens with two attached hydrogens (primary N) is 1. The number of rotatable bonds is 5. The summed E-state index contributed by atoms with van der Waals surface area (Å²) < 4.78 is 36.7. The smallest absolute Gasteiger partial charge is 0.330 e. The molecule has 8 heteroatoms. The average molecular weight is 240 g/mol. The lowest BCUT2D eigenvalue weighted by atomic mass is 10.3. The van der Waals surface area contributed by atoms with Crippen LogP contribution in [0.5, 0.6) is 0 Å². The number of aryl methyl sites for hydroxylation is 1. The summed E-state index contributed by atoms with van der Waals surface area (Å²) in [5, 5.41) is 7.45. The molecule has 86 valence electrons. The van der Waals surface area contributed by atoms with E-state index in [1.807, 2.05) is 0 Å². The van der Waals surface area contributed by atoms with Gasteiger partial charge in [-0.15, -0.1) is 5.10 Å². The standard InChI is InChI=1S/C7H11F3N4S/c8-7(9,10)15-4-3-14-5-6(1-2-11)12-13-14/h5H,1-4,11H2. The molecule has 1 rings (SSSR count). The zero-order valence-corrected chi connectivity index (χ0v) is 8.68. The van der Waals surface area contributed by atoms with E-state index >= 15 is 0 Å². The van der Waals surface area contributed by atoms with Gasteiger partial charge in [0, 0.05) is 18.4 Å². The maximum atomic E-state index is 11.8. The first-order chi connectivity index (χ1) is 7.01. The second-order valence-electron chi connectivity index (χ2n) is 2.81. The third kappa shape index (κ3) is 5.03. The van der Waals surface area contributed by atoms with Gasteiger partial charge in [0.1, 0.15) is 0 Å². The number of hydrogen-bond acceptors (Lipinski definition) is 4. The summed E-state index contributed by atoms with van der Waals surface area (Å²) in [6.07, 6.45) is 2.20. The SMILES string of the molecule is NCCc1cn(CCSC(F)(F)F)nn1. The van der Waals surface area contributed by atoms with Crippen LogP contribution in [-0.2, 0) is 13.0 Å². The molecule has 0 saturated heterocycles. The average Bonchev–Trinajstić information content (AvgIpc) is 2.51. The van der Waals surface area contributed by atoms with Gasteiger partial charge in [-0.25, -0.2) is 0 Å². The molecule has 0 atom stereocenters. The first-order valence-electron chi connectivity index (χ1n) is 4.31. The van der Waals surface area contributed by atoms with Crippen molar-refractivity contribution < 1.29 is 13.2 Å². The fourth-order valence-corrected chi connectivity index (χ4v) is 1.47. The van der Waals surface area contributed by atoms with E-state index in [1.165, 1.54) is 4.68 Å². The summed E-state index contributed by atoms with van der Waals surface area (Å²) in [5.74, 6) is -0.0606. The van der Waals surface area contributed by atoms with E-state index in [4.69, 9.17) is 5.73 Å². The van der Waals surface area contributed by atoms with Crippen molar-refractivity contribution in [3.05, 3.63) is 11.9 Å². The van der Waals surface area contributed by atoms with Gasteiger partial charge in [-0.1, -0.05) is 5.21 Å². The molecular weight excluding hydrogens is 229 g/mol. The Bertz CT molecular complexity index is 299. The summed E-state index contributed by atoms with van der Waals surface area (Å²) in [5.41, 5.74) is 1.82. The number of halogens is 3. The minimum Gasteiger partial charge on any atom is -0.330 e. The van der Waals surface area contributed by atoms with Crippen molar-refractivity contribution in [3.63, 3.8) is 0 Å². The molecule has 15 heavy (non-hydrogen) atoms. The molecule has 2 N–H and O–H groups in total. The number of nitrogens with zero attached hydrogens (tertiary/aromatic N) is 3. The lowest BCUT2D eigenvalue weighted by Crippen LogP contribution is -2.07. The topological polar surface area (TPSA) is 56.7 Å². The zero-order chi connectivity index (χ0) is 11.3. The first-order valence-corrected chi connectivity index (χ1v) is 5.29. The Hall–Kier alpha value is -0.760. The number of aromatic nitrogens is 3. The van der Waals surface area contributed by atoms with E-state index in [0.29, 0.717) is 18.7 Å². The molecule has 1 aromatic rings. The van der Waals surface area contributed by atoms with E-state index in [1.54, 1.807) is 6.20 Å². The quantitative estimate of drug-likeness (QED) is 0.835. The predicted octanol–water partition coefficient (Wildman–Crippen LogP) is 1.03. The Morgan fingerprint density at radius 2 is 2.20 bits per heavy atom. The van der Waals surface area contributed by atoms with E-state index in [-0.39, 0.29) is 24.1 Å². The molecule has 0 fully saturated rings. The summed E-state index contributed by atoms with van der Waals surface area (Å²) in [6.45, 7) is 0.651. The van der Waals surface area contributed by atoms with Gasteiger partial charge in [0.2, 0.25) is 0 Å². The highest BCUT2D eigenvalue weighted by Crippen LogP contribution is 2.29. The van der Waals surface area contributed by atoms with Gasteiger partial charge in [-0.2, -0.15) is 13.2 Å². The molecule has 0 aliphatic heterocycles. The van der Waals surface area contributed by atoms with Crippen LogP contribution in [0, 0.1) is 0 Å². The van der Waals surface area contributed by atoms with Crippen LogP contribution in [0.4, 0.5) is 13.2 Å². The van der Waals surface area contributed by atoms with Gasteiger partial charge in [0.25, 0.3) is 0 Å². The molecule has 1 heterocycles. The minimum absolute atomic E-state index is 0.0606. The van der Waals surface area contributed by atoms with Gasteiger partial charge in [-0.05, 0) is 18.3 Å². The van der Waals surface area contributed by atoms with E-state index in [2.05, 4.69) is 10.3 Å². The van der Waals surface area contributed by atoms with Crippen LogP contribution in [-0.4, -0.2) is 32.8 Å². The Morgan fingerprint density at radius 3 is 2.80 bits per heavy atom. The van der Waals surface area contributed by atoms with Gasteiger partial charge in [0.15, 0.2) is 0 Å². The third-order valence-corrected chi connectivity index (χ3v) is 2.29. The molecule has 0 amide bonds. The normalized spacial score (nSPS) is 12.0. The molecule has 1 aromatic heterocycles. The zero-order valence-electron chi connectivity index (χ0n) is 7.87. The fraction of sp³-hybridized carbons (Fsp3) is 0.714. The first kappa shape index (κ1) is 12.3. The maximum absolute atomic E-state index is 11.8. The van der Waals surface area contributed by atoms with E-state index in [0.717, 1.165) is 0 Å². The summed E-state index contributed by atoms with van der Waals surface area (Å²) in [6, 6.07) is 0. The molecule has 0 aliphatic rings. The van der Waals surface area contributed by atoms with Crippen molar-refractivity contribution in [1.29, 1.82) is 0 Å². The van der Waals surface area contributed by atoms with Gasteiger partial charge in [-0.3, -0.25) is 4.68 Å². The van der Waals surface area contributed by atoms with E-state index in [9.17, 15) is 13.2 Å². The van der Waals surface area contributed by atoms with Crippen LogP contribution < -0.4 is 5.73 Å². The van der Waals surface area contributed by atoms with E-state index < -0.39 is 5.51 Å². The van der Waals surface area contributed by atoms with Crippen molar-refractivity contribution in [3.8, 4) is 0 Å². The molecule has 4 nitrogen and oxygen atoms in total. The number of thioether (sulfide) groups is 1. The van der Waals surface area contributed by atoms with Crippen LogP contribution >= 0.6 is 11.8 Å². The highest BCUT2D eigenvalue weighted by atomic mass is 32.2. The van der Waals surface area contributed by atoms with Gasteiger partial charge in [0.05, 0.1) is 12.2 Å². The van der Waals surface area contributed by atoms with Crippen molar-refractivity contribution >= 4 is 11.8 Å². The second kappa shape index (κ2) is 5.36. The summed E-state index contributed by atoms with van der Waals surface area (Å²) >= 11 is -0.0623. The van der Waals surface area contributed by atoms with Crippen LogP contribution in [0.3, 0.4) is 0 Å². The van der Waals surface area contributed by atoms with Crippen molar-refractivity contribution in [2.75, 3.05) is 12.3 Å². The Morgan fingerprint density at radius 1 is 1.47 bits per heavy atom. The van der Waals surface area contributed by atoms with Crippen molar-refractivity contribution in [1.82, 2.24) is 15.0 Å². The molecule has 0 spiro atoms. The molecule has 0 aliphatic carbocycles.